The van der Waals surface area contributed by atoms with Gasteiger partial charge in [-0.2, -0.15) is 0 Å². The van der Waals surface area contributed by atoms with E-state index in [4.69, 9.17) is 19.9 Å². The molecule has 4 atom stereocenters. The molecule has 0 aliphatic carbocycles. The molecule has 3 aliphatic heterocycles. The van der Waals surface area contributed by atoms with E-state index in [0.29, 0.717) is 22.3 Å². The van der Waals surface area contributed by atoms with E-state index in [1.54, 1.807) is 35.2 Å². The summed E-state index contributed by atoms with van der Waals surface area (Å²) in [5, 5.41) is 0. The topological polar surface area (TPSA) is 135 Å². The first kappa shape index (κ1) is 19.3. The Hall–Kier alpha value is -3.41. The summed E-state index contributed by atoms with van der Waals surface area (Å²) in [6.07, 6.45) is 0.673. The van der Waals surface area contributed by atoms with Crippen molar-refractivity contribution in [3.8, 4) is 0 Å². The van der Waals surface area contributed by atoms with E-state index in [1.807, 2.05) is 13.8 Å². The molecule has 32 heavy (non-hydrogen) atoms. The zero-order chi connectivity index (χ0) is 22.2. The first-order valence-corrected chi connectivity index (χ1v) is 10.2. The lowest BCUT2D eigenvalue weighted by atomic mass is 10.1. The van der Waals surface area contributed by atoms with Crippen LogP contribution in [0.25, 0.3) is 11.2 Å². The molecule has 0 saturated carbocycles. The number of benzene rings is 1. The smallest absolute Gasteiger partial charge is 0.261 e. The highest BCUT2D eigenvalue weighted by Crippen LogP contribution is 2.44. The number of fused-ring (bicyclic) bond motifs is 3. The van der Waals surface area contributed by atoms with Crippen LogP contribution in [0.4, 0.5) is 5.82 Å². The van der Waals surface area contributed by atoms with Gasteiger partial charge in [0.25, 0.3) is 11.8 Å². The van der Waals surface area contributed by atoms with Crippen LogP contribution in [0.3, 0.4) is 0 Å². The van der Waals surface area contributed by atoms with Gasteiger partial charge in [-0.25, -0.2) is 15.0 Å². The van der Waals surface area contributed by atoms with E-state index >= 15 is 0 Å². The maximum Gasteiger partial charge on any atom is 0.261 e. The third-order valence-electron chi connectivity index (χ3n) is 6.03. The third kappa shape index (κ3) is 2.68. The zero-order valence-electron chi connectivity index (χ0n) is 17.3. The summed E-state index contributed by atoms with van der Waals surface area (Å²) < 4.78 is 20.3. The third-order valence-corrected chi connectivity index (χ3v) is 6.03. The average Bonchev–Trinajstić information content (AvgIpc) is 3.47. The van der Waals surface area contributed by atoms with Crippen LogP contribution in [0.1, 0.15) is 40.8 Å². The number of rotatable bonds is 3. The van der Waals surface area contributed by atoms with E-state index in [0.717, 1.165) is 0 Å². The molecule has 1 aromatic carbocycles. The molecule has 2 saturated heterocycles. The molecule has 0 spiro atoms. The SMILES string of the molecule is CC1(C)O[C@@H]2[C@H](O1)[C@@H](CN1C(=O)c3ccccc3C1=O)O[C@H]2n1cnc2c(N)ncnc21. The van der Waals surface area contributed by atoms with E-state index in [2.05, 4.69) is 15.0 Å². The monoisotopic (exact) mass is 436 g/mol. The van der Waals surface area contributed by atoms with Crippen molar-refractivity contribution in [2.75, 3.05) is 12.3 Å². The summed E-state index contributed by atoms with van der Waals surface area (Å²) >= 11 is 0. The van der Waals surface area contributed by atoms with Gasteiger partial charge in [0, 0.05) is 0 Å². The molecule has 0 radical (unpaired) electrons. The van der Waals surface area contributed by atoms with Gasteiger partial charge >= 0.3 is 0 Å². The molecule has 11 nitrogen and oxygen atoms in total. The lowest BCUT2D eigenvalue weighted by Crippen LogP contribution is -2.42. The highest BCUT2D eigenvalue weighted by molar-refractivity contribution is 6.21. The van der Waals surface area contributed by atoms with Gasteiger partial charge in [0.1, 0.15) is 30.2 Å². The quantitative estimate of drug-likeness (QED) is 0.599. The summed E-state index contributed by atoms with van der Waals surface area (Å²) in [6, 6.07) is 6.77. The number of imide groups is 1. The van der Waals surface area contributed by atoms with Crippen LogP contribution in [-0.4, -0.2) is 66.9 Å². The fraction of sp³-hybridized carbons (Fsp3) is 0.381. The van der Waals surface area contributed by atoms with Crippen molar-refractivity contribution in [1.82, 2.24) is 24.4 Å². The molecule has 5 heterocycles. The molecule has 0 bridgehead atoms. The van der Waals surface area contributed by atoms with Gasteiger partial charge < -0.3 is 19.9 Å². The van der Waals surface area contributed by atoms with Crippen LogP contribution in [0.2, 0.25) is 0 Å². The van der Waals surface area contributed by atoms with Gasteiger partial charge in [-0.3, -0.25) is 19.1 Å². The molecule has 3 aromatic rings. The summed E-state index contributed by atoms with van der Waals surface area (Å²) in [5.41, 5.74) is 7.65. The number of aromatic nitrogens is 4. The highest BCUT2D eigenvalue weighted by Gasteiger charge is 2.57. The largest absolute Gasteiger partial charge is 0.382 e. The van der Waals surface area contributed by atoms with Crippen LogP contribution < -0.4 is 5.73 Å². The number of anilines is 1. The van der Waals surface area contributed by atoms with Crippen molar-refractivity contribution >= 4 is 28.8 Å². The standard InChI is InChI=1S/C21H20N6O5/c1-21(2)31-14-12(7-26-18(28)10-5-3-4-6-11(10)19(26)29)30-20(15(14)32-21)27-9-25-13-16(22)23-8-24-17(13)27/h3-6,8-9,12,14-15,20H,7H2,1-2H3,(H2,22,23,24)/t12-,14-,15-,20-/m1/s1. The summed E-state index contributed by atoms with van der Waals surface area (Å²) in [5.74, 6) is -1.29. The van der Waals surface area contributed by atoms with Crippen molar-refractivity contribution in [2.24, 2.45) is 0 Å². The maximum atomic E-state index is 12.9. The molecular formula is C21H20N6O5. The Morgan fingerprint density at radius 3 is 2.44 bits per heavy atom. The van der Waals surface area contributed by atoms with Crippen molar-refractivity contribution in [3.63, 3.8) is 0 Å². The number of imidazole rings is 1. The number of carbonyl (C=O) groups excluding carboxylic acids is 2. The molecule has 164 valence electrons. The molecule has 2 fully saturated rings. The Kier molecular flexibility index (Phi) is 3.95. The minimum Gasteiger partial charge on any atom is -0.382 e. The van der Waals surface area contributed by atoms with Gasteiger partial charge in [-0.1, -0.05) is 12.1 Å². The molecule has 6 rings (SSSR count). The molecule has 3 aliphatic rings. The van der Waals surface area contributed by atoms with Crippen molar-refractivity contribution in [2.45, 2.75) is 44.2 Å². The van der Waals surface area contributed by atoms with E-state index in [-0.39, 0.29) is 24.2 Å². The van der Waals surface area contributed by atoms with E-state index in [1.165, 1.54) is 11.2 Å². The molecule has 2 N–H and O–H groups in total. The number of nitrogens with zero attached hydrogens (tertiary/aromatic N) is 5. The fourth-order valence-electron chi connectivity index (χ4n) is 4.67. The van der Waals surface area contributed by atoms with Gasteiger partial charge in [0.2, 0.25) is 0 Å². The van der Waals surface area contributed by atoms with Crippen LogP contribution in [0.5, 0.6) is 0 Å². The number of hydrogen-bond donors (Lipinski definition) is 1. The summed E-state index contributed by atoms with van der Waals surface area (Å²) in [7, 11) is 0. The van der Waals surface area contributed by atoms with Gasteiger partial charge in [-0.05, 0) is 26.0 Å². The summed E-state index contributed by atoms with van der Waals surface area (Å²) in [6.45, 7) is 3.66. The number of nitrogens with two attached hydrogens (primary N) is 1. The molecule has 2 aromatic heterocycles. The minimum absolute atomic E-state index is 0.0349. The second-order valence-corrected chi connectivity index (χ2v) is 8.48. The first-order valence-electron chi connectivity index (χ1n) is 10.2. The highest BCUT2D eigenvalue weighted by atomic mass is 16.8. The lowest BCUT2D eigenvalue weighted by Gasteiger charge is -2.26. The number of carbonyl (C=O) groups is 2. The predicted octanol–water partition coefficient (Wildman–Crippen LogP) is 1.12. The number of hydrogen-bond acceptors (Lipinski definition) is 9. The average molecular weight is 436 g/mol. The maximum absolute atomic E-state index is 12.9. The van der Waals surface area contributed by atoms with Gasteiger partial charge in [0.05, 0.1) is 24.0 Å². The second-order valence-electron chi connectivity index (χ2n) is 8.48. The van der Waals surface area contributed by atoms with Crippen LogP contribution in [-0.2, 0) is 14.2 Å². The number of ether oxygens (including phenoxy) is 3. The normalized spacial score (nSPS) is 28.5. The van der Waals surface area contributed by atoms with Crippen LogP contribution >= 0.6 is 0 Å². The Labute approximate surface area is 182 Å². The van der Waals surface area contributed by atoms with Crippen molar-refractivity contribution in [1.29, 1.82) is 0 Å². The zero-order valence-corrected chi connectivity index (χ0v) is 17.3. The molecule has 2 amide bonds. The number of nitrogen functional groups attached to an aromatic ring is 1. The predicted molar refractivity (Wildman–Crippen MR) is 109 cm³/mol. The lowest BCUT2D eigenvalue weighted by molar-refractivity contribution is -0.196. The van der Waals surface area contributed by atoms with Crippen molar-refractivity contribution in [3.05, 3.63) is 48.0 Å². The molecule has 11 heteroatoms. The Bertz CT molecular complexity index is 1240. The van der Waals surface area contributed by atoms with Gasteiger partial charge in [-0.15, -0.1) is 0 Å². The number of amides is 2. The fourth-order valence-corrected chi connectivity index (χ4v) is 4.67. The van der Waals surface area contributed by atoms with Crippen LogP contribution in [0.15, 0.2) is 36.9 Å². The van der Waals surface area contributed by atoms with E-state index in [9.17, 15) is 9.59 Å². The minimum atomic E-state index is -0.859. The second kappa shape index (κ2) is 6.55. The Balaban J connectivity index is 1.34. The van der Waals surface area contributed by atoms with E-state index < -0.39 is 30.3 Å². The Morgan fingerprint density at radius 1 is 1.03 bits per heavy atom. The van der Waals surface area contributed by atoms with Gasteiger partial charge in [0.15, 0.2) is 23.5 Å². The molecule has 0 unspecified atom stereocenters. The molecular weight excluding hydrogens is 416 g/mol. The first-order chi connectivity index (χ1) is 15.3. The summed E-state index contributed by atoms with van der Waals surface area (Å²) in [4.78, 5) is 39.5. The van der Waals surface area contributed by atoms with Crippen LogP contribution in [0, 0.1) is 0 Å². The Morgan fingerprint density at radius 2 is 1.72 bits per heavy atom. The van der Waals surface area contributed by atoms with Crippen molar-refractivity contribution < 1.29 is 23.8 Å².